The van der Waals surface area contributed by atoms with Crippen molar-refractivity contribution >= 4 is 17.4 Å². The minimum Gasteiger partial charge on any atom is -0.232 e. The van der Waals surface area contributed by atoms with Gasteiger partial charge in [0.2, 0.25) is 0 Å². The number of isothiocyanates is 1. The molecule has 0 aliphatic rings. The van der Waals surface area contributed by atoms with Gasteiger partial charge in [-0.15, -0.1) is 0 Å². The van der Waals surface area contributed by atoms with E-state index in [1.54, 1.807) is 0 Å². The van der Waals surface area contributed by atoms with Gasteiger partial charge < -0.3 is 0 Å². The molecule has 0 aliphatic heterocycles. The van der Waals surface area contributed by atoms with Gasteiger partial charge in [0.15, 0.2) is 0 Å². The molecule has 1 nitrogen and oxygen atoms in total. The Morgan fingerprint density at radius 2 is 1.85 bits per heavy atom. The van der Waals surface area contributed by atoms with Crippen LogP contribution in [0.1, 0.15) is 5.56 Å². The highest BCUT2D eigenvalue weighted by molar-refractivity contribution is 7.78. The molecule has 0 amide bonds. The topological polar surface area (TPSA) is 12.4 Å². The molecule has 1 rings (SSSR count). The van der Waals surface area contributed by atoms with Gasteiger partial charge in [-0.25, -0.2) is 13.8 Å². The number of aliphatic imine (C=N–C) groups is 1. The van der Waals surface area contributed by atoms with Gasteiger partial charge in [-0.05, 0) is 36.3 Å². The number of nitrogens with zero attached hydrogens (tertiary/aromatic N) is 1. The number of hydrogen-bond acceptors (Lipinski definition) is 2. The molecule has 0 radical (unpaired) electrons. The molecule has 0 N–H and O–H groups in total. The third-order valence-corrected chi connectivity index (χ3v) is 1.63. The van der Waals surface area contributed by atoms with E-state index in [1.807, 2.05) is 0 Å². The first kappa shape index (κ1) is 9.96. The molecule has 0 atom stereocenters. The zero-order valence-corrected chi connectivity index (χ0v) is 7.57. The Morgan fingerprint density at radius 3 is 2.38 bits per heavy atom. The van der Waals surface area contributed by atoms with Crippen LogP contribution in [0, 0.1) is 11.6 Å². The lowest BCUT2D eigenvalue weighted by atomic mass is 10.1. The maximum absolute atomic E-state index is 12.6. The molecule has 0 saturated heterocycles. The van der Waals surface area contributed by atoms with Gasteiger partial charge in [-0.1, -0.05) is 0 Å². The molecular formula is C9H7F2NS. The fourth-order valence-corrected chi connectivity index (χ4v) is 1.08. The van der Waals surface area contributed by atoms with Gasteiger partial charge in [0.05, 0.1) is 11.7 Å². The van der Waals surface area contributed by atoms with E-state index in [2.05, 4.69) is 22.4 Å². The Morgan fingerprint density at radius 1 is 1.23 bits per heavy atom. The Balaban J connectivity index is 2.71. The quantitative estimate of drug-likeness (QED) is 0.538. The number of halogens is 2. The molecule has 0 unspecified atom stereocenters. The lowest BCUT2D eigenvalue weighted by Crippen LogP contribution is -1.91. The van der Waals surface area contributed by atoms with Gasteiger partial charge >= 0.3 is 0 Å². The SMILES string of the molecule is Fc1cc(F)cc(CCN=C=S)c1. The van der Waals surface area contributed by atoms with Crippen LogP contribution in [0.25, 0.3) is 0 Å². The third kappa shape index (κ3) is 3.40. The molecule has 13 heavy (non-hydrogen) atoms. The van der Waals surface area contributed by atoms with Crippen LogP contribution in [0.15, 0.2) is 23.2 Å². The molecule has 4 heteroatoms. The number of hydrogen-bond donors (Lipinski definition) is 0. The Hall–Kier alpha value is -1.12. The Bertz CT molecular complexity index is 325. The summed E-state index contributed by atoms with van der Waals surface area (Å²) < 4.78 is 25.3. The average Bonchev–Trinajstić information content (AvgIpc) is 2.03. The van der Waals surface area contributed by atoms with Crippen molar-refractivity contribution in [1.82, 2.24) is 0 Å². The number of thiocarbonyl (C=S) groups is 1. The van der Waals surface area contributed by atoms with Crippen LogP contribution in [0.3, 0.4) is 0 Å². The summed E-state index contributed by atoms with van der Waals surface area (Å²) in [6.45, 7) is 0.409. The molecule has 0 heterocycles. The molecule has 0 aromatic heterocycles. The van der Waals surface area contributed by atoms with Crippen LogP contribution in [0.2, 0.25) is 0 Å². The summed E-state index contributed by atoms with van der Waals surface area (Å²) in [4.78, 5) is 3.65. The van der Waals surface area contributed by atoms with Crippen LogP contribution in [-0.4, -0.2) is 11.7 Å². The van der Waals surface area contributed by atoms with E-state index >= 15 is 0 Å². The van der Waals surface area contributed by atoms with E-state index in [4.69, 9.17) is 0 Å². The van der Waals surface area contributed by atoms with Crippen LogP contribution in [0.5, 0.6) is 0 Å². The molecule has 0 fully saturated rings. The summed E-state index contributed by atoms with van der Waals surface area (Å²) in [5, 5.41) is 2.19. The average molecular weight is 199 g/mol. The maximum atomic E-state index is 12.6. The van der Waals surface area contributed by atoms with Gasteiger partial charge in [-0.2, -0.15) is 0 Å². The van der Waals surface area contributed by atoms with E-state index < -0.39 is 11.6 Å². The summed E-state index contributed by atoms with van der Waals surface area (Å²) in [6.07, 6.45) is 0.471. The molecule has 1 aromatic rings. The Labute approximate surface area is 80.1 Å². The predicted molar refractivity (Wildman–Crippen MR) is 50.0 cm³/mol. The van der Waals surface area contributed by atoms with E-state index in [0.717, 1.165) is 6.07 Å². The van der Waals surface area contributed by atoms with E-state index in [1.165, 1.54) is 12.1 Å². The van der Waals surface area contributed by atoms with Crippen molar-refractivity contribution in [3.63, 3.8) is 0 Å². The Kier molecular flexibility index (Phi) is 3.68. The number of benzene rings is 1. The van der Waals surface area contributed by atoms with Crippen LogP contribution in [-0.2, 0) is 6.42 Å². The standard InChI is InChI=1S/C9H7F2NS/c10-8-3-7(1-2-12-6-13)4-9(11)5-8/h3-5H,1-2H2. The van der Waals surface area contributed by atoms with E-state index in [-0.39, 0.29) is 0 Å². The molecule has 0 spiro atoms. The monoisotopic (exact) mass is 199 g/mol. The second-order valence-electron chi connectivity index (χ2n) is 2.50. The van der Waals surface area contributed by atoms with Crippen LogP contribution in [0.4, 0.5) is 8.78 Å². The van der Waals surface area contributed by atoms with Gasteiger partial charge in [0.1, 0.15) is 11.6 Å². The van der Waals surface area contributed by atoms with Crippen LogP contribution >= 0.6 is 12.2 Å². The predicted octanol–water partition coefficient (Wildman–Crippen LogP) is 2.61. The highest BCUT2D eigenvalue weighted by Gasteiger charge is 1.99. The minimum absolute atomic E-state index is 0.409. The van der Waals surface area contributed by atoms with Crippen molar-refractivity contribution in [3.05, 3.63) is 35.4 Å². The van der Waals surface area contributed by atoms with Crippen molar-refractivity contribution in [3.8, 4) is 0 Å². The first-order valence-electron chi connectivity index (χ1n) is 3.71. The molecule has 1 aromatic carbocycles. The minimum atomic E-state index is -0.568. The van der Waals surface area contributed by atoms with Crippen molar-refractivity contribution in [2.75, 3.05) is 6.54 Å². The zero-order chi connectivity index (χ0) is 9.68. The first-order valence-corrected chi connectivity index (χ1v) is 4.12. The normalized spacial score (nSPS) is 9.38. The fourth-order valence-electron chi connectivity index (χ4n) is 0.986. The summed E-state index contributed by atoms with van der Waals surface area (Å²) >= 11 is 4.35. The second kappa shape index (κ2) is 4.80. The third-order valence-electron chi connectivity index (χ3n) is 1.50. The summed E-state index contributed by atoms with van der Waals surface area (Å²) in [5.41, 5.74) is 0.575. The van der Waals surface area contributed by atoms with Crippen molar-refractivity contribution in [2.45, 2.75) is 6.42 Å². The van der Waals surface area contributed by atoms with Crippen molar-refractivity contribution in [2.24, 2.45) is 4.99 Å². The lowest BCUT2D eigenvalue weighted by Gasteiger charge is -1.98. The molecular weight excluding hydrogens is 192 g/mol. The van der Waals surface area contributed by atoms with Gasteiger partial charge in [0.25, 0.3) is 0 Å². The first-order chi connectivity index (χ1) is 6.22. The molecule has 0 bridgehead atoms. The lowest BCUT2D eigenvalue weighted by molar-refractivity contribution is 0.579. The van der Waals surface area contributed by atoms with Crippen molar-refractivity contribution < 1.29 is 8.78 Å². The van der Waals surface area contributed by atoms with Gasteiger partial charge in [0, 0.05) is 6.07 Å². The van der Waals surface area contributed by atoms with Crippen LogP contribution < -0.4 is 0 Å². The largest absolute Gasteiger partial charge is 0.232 e. The van der Waals surface area contributed by atoms with Crippen molar-refractivity contribution in [1.29, 1.82) is 0 Å². The summed E-state index contributed by atoms with van der Waals surface area (Å²) in [7, 11) is 0. The second-order valence-corrected chi connectivity index (χ2v) is 2.68. The van der Waals surface area contributed by atoms with E-state index in [0.29, 0.717) is 18.5 Å². The zero-order valence-electron chi connectivity index (χ0n) is 6.76. The summed E-state index contributed by atoms with van der Waals surface area (Å²) in [5.74, 6) is -1.14. The highest BCUT2D eigenvalue weighted by Crippen LogP contribution is 2.08. The molecule has 0 aliphatic carbocycles. The number of rotatable bonds is 3. The van der Waals surface area contributed by atoms with E-state index in [9.17, 15) is 8.78 Å². The molecule has 68 valence electrons. The maximum Gasteiger partial charge on any atom is 0.126 e. The van der Waals surface area contributed by atoms with Gasteiger partial charge in [-0.3, -0.25) is 0 Å². The highest BCUT2D eigenvalue weighted by atomic mass is 32.1. The fraction of sp³-hybridized carbons (Fsp3) is 0.222. The molecule has 0 saturated carbocycles. The smallest absolute Gasteiger partial charge is 0.126 e. The summed E-state index contributed by atoms with van der Waals surface area (Å²) in [6, 6.07) is 3.40.